The third-order valence-electron chi connectivity index (χ3n) is 6.17. The zero-order valence-electron chi connectivity index (χ0n) is 17.4. The Balaban J connectivity index is 1.39. The van der Waals surface area contributed by atoms with E-state index in [1.54, 1.807) is 0 Å². The van der Waals surface area contributed by atoms with Crippen LogP contribution in [0.2, 0.25) is 0 Å². The smallest absolute Gasteiger partial charge is 0.225 e. The number of amides is 1. The first-order chi connectivity index (χ1) is 13.5. The van der Waals surface area contributed by atoms with Gasteiger partial charge in [0, 0.05) is 37.6 Å². The van der Waals surface area contributed by atoms with Gasteiger partial charge in [0.25, 0.3) is 0 Å². The van der Waals surface area contributed by atoms with Crippen LogP contribution in [0, 0.1) is 5.92 Å². The van der Waals surface area contributed by atoms with E-state index >= 15 is 0 Å². The molecule has 0 aliphatic carbocycles. The molecule has 1 aromatic carbocycles. The molecular formula is C22H33N5O. The van der Waals surface area contributed by atoms with Crippen LogP contribution in [0.3, 0.4) is 0 Å². The van der Waals surface area contributed by atoms with Crippen molar-refractivity contribution in [3.8, 4) is 0 Å². The van der Waals surface area contributed by atoms with E-state index in [2.05, 4.69) is 64.7 Å². The number of piperazine rings is 1. The van der Waals surface area contributed by atoms with Crippen molar-refractivity contribution in [2.75, 3.05) is 32.7 Å². The Hall–Kier alpha value is -1.92. The topological polar surface area (TPSA) is 53.4 Å². The highest BCUT2D eigenvalue weighted by molar-refractivity contribution is 5.79. The van der Waals surface area contributed by atoms with Crippen LogP contribution in [0.5, 0.6) is 0 Å². The van der Waals surface area contributed by atoms with Crippen molar-refractivity contribution in [1.82, 2.24) is 24.7 Å². The van der Waals surface area contributed by atoms with Crippen molar-refractivity contribution in [2.24, 2.45) is 5.92 Å². The molecule has 6 nitrogen and oxygen atoms in total. The number of imidazole rings is 1. The summed E-state index contributed by atoms with van der Waals surface area (Å²) in [6.07, 6.45) is 1.91. The summed E-state index contributed by atoms with van der Waals surface area (Å²) in [6.45, 7) is 12.0. The lowest BCUT2D eigenvalue weighted by atomic mass is 9.94. The first kappa shape index (κ1) is 19.4. The van der Waals surface area contributed by atoms with Crippen LogP contribution >= 0.6 is 0 Å². The summed E-state index contributed by atoms with van der Waals surface area (Å²) >= 11 is 0. The molecule has 0 spiro atoms. The molecule has 6 heteroatoms. The van der Waals surface area contributed by atoms with Gasteiger partial charge in [-0.2, -0.15) is 0 Å². The number of rotatable bonds is 4. The molecule has 2 fully saturated rings. The Labute approximate surface area is 167 Å². The van der Waals surface area contributed by atoms with E-state index in [1.165, 1.54) is 5.52 Å². The molecular weight excluding hydrogens is 350 g/mol. The number of piperidine rings is 1. The summed E-state index contributed by atoms with van der Waals surface area (Å²) in [6, 6.07) is 9.18. The summed E-state index contributed by atoms with van der Waals surface area (Å²) in [7, 11) is 0. The predicted molar refractivity (Wildman–Crippen MR) is 112 cm³/mol. The van der Waals surface area contributed by atoms with Gasteiger partial charge >= 0.3 is 0 Å². The standard InChI is InChI=1S/C22H33N5O/c1-16(2)27-20-7-5-4-6-19(20)24-21(27)15-25-11-8-18(9-12-25)22(28)26-13-10-23-17(3)14-26/h4-7,16-18,23H,8-15H2,1-3H3/t17-/m0/s1. The van der Waals surface area contributed by atoms with E-state index in [4.69, 9.17) is 4.98 Å². The molecule has 0 bridgehead atoms. The van der Waals surface area contributed by atoms with Gasteiger partial charge in [-0.05, 0) is 58.8 Å². The fraction of sp³-hybridized carbons (Fsp3) is 0.636. The lowest BCUT2D eigenvalue weighted by Gasteiger charge is -2.37. The monoisotopic (exact) mass is 383 g/mol. The van der Waals surface area contributed by atoms with Crippen LogP contribution in [-0.2, 0) is 11.3 Å². The summed E-state index contributed by atoms with van der Waals surface area (Å²) < 4.78 is 2.36. The molecule has 1 amide bonds. The largest absolute Gasteiger partial charge is 0.340 e. The first-order valence-corrected chi connectivity index (χ1v) is 10.7. The average Bonchev–Trinajstić information content (AvgIpc) is 3.06. The average molecular weight is 384 g/mol. The zero-order valence-corrected chi connectivity index (χ0v) is 17.4. The summed E-state index contributed by atoms with van der Waals surface area (Å²) in [5.41, 5.74) is 2.29. The van der Waals surface area contributed by atoms with Crippen molar-refractivity contribution >= 4 is 16.9 Å². The Bertz CT molecular complexity index is 821. The van der Waals surface area contributed by atoms with Crippen molar-refractivity contribution in [3.63, 3.8) is 0 Å². The molecule has 2 aliphatic rings. The minimum atomic E-state index is 0.186. The minimum absolute atomic E-state index is 0.186. The molecule has 2 saturated heterocycles. The third-order valence-corrected chi connectivity index (χ3v) is 6.17. The number of para-hydroxylation sites is 2. The number of benzene rings is 1. The van der Waals surface area contributed by atoms with Gasteiger partial charge in [-0.3, -0.25) is 9.69 Å². The second-order valence-electron chi connectivity index (χ2n) is 8.67. The highest BCUT2D eigenvalue weighted by atomic mass is 16.2. The van der Waals surface area contributed by atoms with Crippen LogP contribution in [-0.4, -0.2) is 64.0 Å². The fourth-order valence-corrected chi connectivity index (χ4v) is 4.71. The second kappa shape index (κ2) is 8.21. The van der Waals surface area contributed by atoms with E-state index in [0.29, 0.717) is 18.0 Å². The van der Waals surface area contributed by atoms with Gasteiger partial charge in [-0.1, -0.05) is 12.1 Å². The van der Waals surface area contributed by atoms with Gasteiger partial charge in [-0.25, -0.2) is 4.98 Å². The van der Waals surface area contributed by atoms with Crippen LogP contribution in [0.25, 0.3) is 11.0 Å². The Morgan fingerprint density at radius 3 is 2.68 bits per heavy atom. The number of aromatic nitrogens is 2. The molecule has 28 heavy (non-hydrogen) atoms. The van der Waals surface area contributed by atoms with Gasteiger partial charge in [0.05, 0.1) is 17.6 Å². The number of hydrogen-bond donors (Lipinski definition) is 1. The summed E-state index contributed by atoms with van der Waals surface area (Å²) in [5.74, 6) is 1.68. The number of hydrogen-bond acceptors (Lipinski definition) is 4. The molecule has 2 aliphatic heterocycles. The van der Waals surface area contributed by atoms with E-state index in [0.717, 1.165) is 63.5 Å². The van der Waals surface area contributed by atoms with Crippen molar-refractivity contribution in [2.45, 2.75) is 52.2 Å². The lowest BCUT2D eigenvalue weighted by Crippen LogP contribution is -2.53. The summed E-state index contributed by atoms with van der Waals surface area (Å²) in [5, 5.41) is 3.42. The second-order valence-corrected chi connectivity index (χ2v) is 8.67. The van der Waals surface area contributed by atoms with Gasteiger partial charge < -0.3 is 14.8 Å². The van der Waals surface area contributed by atoms with Crippen LogP contribution in [0.1, 0.15) is 45.5 Å². The quantitative estimate of drug-likeness (QED) is 0.882. The molecule has 1 N–H and O–H groups in total. The normalized spacial score (nSPS) is 22.3. The molecule has 4 rings (SSSR count). The molecule has 0 saturated carbocycles. The van der Waals surface area contributed by atoms with E-state index in [1.807, 2.05) is 0 Å². The first-order valence-electron chi connectivity index (χ1n) is 10.7. The fourth-order valence-electron chi connectivity index (χ4n) is 4.71. The molecule has 2 aromatic rings. The maximum Gasteiger partial charge on any atom is 0.225 e. The lowest BCUT2D eigenvalue weighted by molar-refractivity contribution is -0.138. The van der Waals surface area contributed by atoms with Gasteiger partial charge in [0.15, 0.2) is 0 Å². The number of carbonyl (C=O) groups is 1. The van der Waals surface area contributed by atoms with E-state index in [9.17, 15) is 4.79 Å². The van der Waals surface area contributed by atoms with Crippen LogP contribution < -0.4 is 5.32 Å². The van der Waals surface area contributed by atoms with Crippen molar-refractivity contribution < 1.29 is 4.79 Å². The van der Waals surface area contributed by atoms with Crippen LogP contribution in [0.4, 0.5) is 0 Å². The van der Waals surface area contributed by atoms with Gasteiger partial charge in [0.1, 0.15) is 5.82 Å². The predicted octanol–water partition coefficient (Wildman–Crippen LogP) is 2.65. The Morgan fingerprint density at radius 1 is 1.21 bits per heavy atom. The minimum Gasteiger partial charge on any atom is -0.340 e. The summed E-state index contributed by atoms with van der Waals surface area (Å²) in [4.78, 5) is 22.3. The molecule has 0 radical (unpaired) electrons. The maximum atomic E-state index is 12.9. The van der Waals surface area contributed by atoms with Gasteiger partial charge in [-0.15, -0.1) is 0 Å². The highest BCUT2D eigenvalue weighted by Gasteiger charge is 2.31. The Morgan fingerprint density at radius 2 is 1.96 bits per heavy atom. The number of carbonyl (C=O) groups excluding carboxylic acids is 1. The maximum absolute atomic E-state index is 12.9. The Kier molecular flexibility index (Phi) is 5.69. The number of fused-ring (bicyclic) bond motifs is 1. The highest BCUT2D eigenvalue weighted by Crippen LogP contribution is 2.25. The zero-order chi connectivity index (χ0) is 19.7. The molecule has 1 atom stereocenters. The van der Waals surface area contributed by atoms with E-state index < -0.39 is 0 Å². The molecule has 152 valence electrons. The third kappa shape index (κ3) is 3.94. The molecule has 3 heterocycles. The van der Waals surface area contributed by atoms with Crippen LogP contribution in [0.15, 0.2) is 24.3 Å². The van der Waals surface area contributed by atoms with Crippen molar-refractivity contribution in [1.29, 1.82) is 0 Å². The molecule has 0 unspecified atom stereocenters. The van der Waals surface area contributed by atoms with Gasteiger partial charge in [0.2, 0.25) is 5.91 Å². The number of nitrogens with one attached hydrogen (secondary N) is 1. The number of nitrogens with zero attached hydrogens (tertiary/aromatic N) is 4. The SMILES string of the molecule is CC(C)n1c(CN2CCC(C(=O)N3CCN[C@@H](C)C3)CC2)nc2ccccc21. The van der Waals surface area contributed by atoms with Crippen molar-refractivity contribution in [3.05, 3.63) is 30.1 Å². The number of likely N-dealkylation sites (tertiary alicyclic amines) is 1. The van der Waals surface area contributed by atoms with E-state index in [-0.39, 0.29) is 5.92 Å². The molecule has 1 aromatic heterocycles.